The van der Waals surface area contributed by atoms with Gasteiger partial charge in [-0.2, -0.15) is 4.98 Å². The third-order valence-electron chi connectivity index (χ3n) is 3.11. The predicted molar refractivity (Wildman–Crippen MR) is 79.8 cm³/mol. The molecule has 0 spiro atoms. The Bertz CT molecular complexity index is 400. The molecule has 4 nitrogen and oxygen atoms in total. The summed E-state index contributed by atoms with van der Waals surface area (Å²) in [5.41, 5.74) is 1.23. The van der Waals surface area contributed by atoms with Gasteiger partial charge in [-0.25, -0.2) is 4.98 Å². The molecule has 1 saturated carbocycles. The van der Waals surface area contributed by atoms with Crippen LogP contribution in [0.25, 0.3) is 0 Å². The fraction of sp³-hybridized carbons (Fsp3) is 0.667. The van der Waals surface area contributed by atoms with Gasteiger partial charge in [-0.1, -0.05) is 0 Å². The Morgan fingerprint density at radius 2 is 1.94 bits per heavy atom. The maximum atomic E-state index is 4.75. The first-order valence-corrected chi connectivity index (χ1v) is 7.29. The van der Waals surface area contributed by atoms with Gasteiger partial charge < -0.3 is 10.2 Å². The summed E-state index contributed by atoms with van der Waals surface area (Å²) in [4.78, 5) is 11.5. The van der Waals surface area contributed by atoms with Gasteiger partial charge in [0.05, 0.1) is 9.26 Å². The van der Waals surface area contributed by atoms with Crippen molar-refractivity contribution in [1.82, 2.24) is 9.97 Å². The van der Waals surface area contributed by atoms with Crippen LogP contribution in [0.4, 0.5) is 11.8 Å². The maximum Gasteiger partial charge on any atom is 0.227 e. The fourth-order valence-corrected chi connectivity index (χ4v) is 2.84. The van der Waals surface area contributed by atoms with E-state index in [1.807, 2.05) is 7.05 Å². The highest BCUT2D eigenvalue weighted by Gasteiger charge is 2.29. The number of nitrogens with zero attached hydrogens (tertiary/aromatic N) is 3. The molecule has 0 aliphatic heterocycles. The lowest BCUT2D eigenvalue weighted by atomic mass is 10.3. The average Bonchev–Trinajstić information content (AvgIpc) is 3.16. The van der Waals surface area contributed by atoms with Crippen LogP contribution in [-0.2, 0) is 0 Å². The minimum absolute atomic E-state index is 0.659. The standard InChI is InChI=1S/C12H19IN4/c1-4-17(5-2)12-15-10(8-6-7-8)9(13)11(14-3)16-12/h8H,4-7H2,1-3H3,(H,14,15,16). The van der Waals surface area contributed by atoms with Crippen molar-refractivity contribution in [2.24, 2.45) is 0 Å². The van der Waals surface area contributed by atoms with E-state index in [1.54, 1.807) is 0 Å². The van der Waals surface area contributed by atoms with Crippen LogP contribution < -0.4 is 10.2 Å². The second kappa shape index (κ2) is 5.37. The van der Waals surface area contributed by atoms with Gasteiger partial charge in [0.25, 0.3) is 0 Å². The summed E-state index contributed by atoms with van der Waals surface area (Å²) >= 11 is 2.35. The monoisotopic (exact) mass is 346 g/mol. The Morgan fingerprint density at radius 3 is 2.41 bits per heavy atom. The van der Waals surface area contributed by atoms with Crippen molar-refractivity contribution in [2.75, 3.05) is 30.4 Å². The number of anilines is 2. The molecular weight excluding hydrogens is 327 g/mol. The van der Waals surface area contributed by atoms with Gasteiger partial charge in [0, 0.05) is 26.1 Å². The molecule has 0 atom stereocenters. The molecule has 0 bridgehead atoms. The van der Waals surface area contributed by atoms with Crippen molar-refractivity contribution in [3.8, 4) is 0 Å². The molecule has 1 N–H and O–H groups in total. The molecular formula is C12H19IN4. The molecule has 0 aromatic carbocycles. The fourth-order valence-electron chi connectivity index (χ4n) is 1.89. The minimum Gasteiger partial charge on any atom is -0.372 e. The molecule has 2 rings (SSSR count). The summed E-state index contributed by atoms with van der Waals surface area (Å²) in [6.07, 6.45) is 2.54. The smallest absolute Gasteiger partial charge is 0.227 e. The van der Waals surface area contributed by atoms with Crippen molar-refractivity contribution in [2.45, 2.75) is 32.6 Å². The molecule has 1 fully saturated rings. The lowest BCUT2D eigenvalue weighted by molar-refractivity contribution is 0.807. The molecule has 1 aromatic rings. The average molecular weight is 346 g/mol. The Kier molecular flexibility index (Phi) is 4.06. The Morgan fingerprint density at radius 1 is 1.29 bits per heavy atom. The lowest BCUT2D eigenvalue weighted by Gasteiger charge is -2.20. The first-order chi connectivity index (χ1) is 8.21. The van der Waals surface area contributed by atoms with Crippen LogP contribution in [0, 0.1) is 3.57 Å². The molecule has 5 heteroatoms. The number of hydrogen-bond acceptors (Lipinski definition) is 4. The Labute approximate surface area is 116 Å². The van der Waals surface area contributed by atoms with Gasteiger partial charge in [-0.05, 0) is 49.3 Å². The van der Waals surface area contributed by atoms with Crippen LogP contribution in [0.2, 0.25) is 0 Å². The van der Waals surface area contributed by atoms with Crippen molar-refractivity contribution >= 4 is 34.4 Å². The number of aromatic nitrogens is 2. The Hall–Kier alpha value is -0.590. The lowest BCUT2D eigenvalue weighted by Crippen LogP contribution is -2.25. The first-order valence-electron chi connectivity index (χ1n) is 6.21. The Balaban J connectivity index is 2.42. The van der Waals surface area contributed by atoms with Crippen molar-refractivity contribution in [1.29, 1.82) is 0 Å². The van der Waals surface area contributed by atoms with Crippen LogP contribution in [0.5, 0.6) is 0 Å². The van der Waals surface area contributed by atoms with E-state index in [1.165, 1.54) is 22.1 Å². The highest BCUT2D eigenvalue weighted by molar-refractivity contribution is 14.1. The van der Waals surface area contributed by atoms with Gasteiger partial charge >= 0.3 is 0 Å². The normalized spacial score (nSPS) is 14.8. The summed E-state index contributed by atoms with van der Waals surface area (Å²) in [6, 6.07) is 0. The molecule has 0 amide bonds. The summed E-state index contributed by atoms with van der Waals surface area (Å²) in [6.45, 7) is 6.18. The molecule has 1 aliphatic carbocycles. The third kappa shape index (κ3) is 2.64. The van der Waals surface area contributed by atoms with Crippen LogP contribution in [-0.4, -0.2) is 30.1 Å². The van der Waals surface area contributed by atoms with Gasteiger partial charge in [0.2, 0.25) is 5.95 Å². The molecule has 1 aromatic heterocycles. The van der Waals surface area contributed by atoms with E-state index >= 15 is 0 Å². The van der Waals surface area contributed by atoms with Gasteiger partial charge in [0.1, 0.15) is 5.82 Å². The second-order valence-electron chi connectivity index (χ2n) is 4.27. The van der Waals surface area contributed by atoms with Gasteiger partial charge in [-0.3, -0.25) is 0 Å². The first kappa shape index (κ1) is 12.9. The van der Waals surface area contributed by atoms with Crippen LogP contribution in [0.1, 0.15) is 38.3 Å². The largest absolute Gasteiger partial charge is 0.372 e. The molecule has 94 valence electrons. The van der Waals surface area contributed by atoms with E-state index in [9.17, 15) is 0 Å². The van der Waals surface area contributed by atoms with Gasteiger partial charge in [0.15, 0.2) is 0 Å². The minimum atomic E-state index is 0.659. The second-order valence-corrected chi connectivity index (χ2v) is 5.35. The molecule has 0 saturated heterocycles. The summed E-state index contributed by atoms with van der Waals surface area (Å²) in [7, 11) is 1.92. The molecule has 1 heterocycles. The van der Waals surface area contributed by atoms with Crippen LogP contribution in [0.15, 0.2) is 0 Å². The van der Waals surface area contributed by atoms with E-state index in [0.717, 1.165) is 24.9 Å². The third-order valence-corrected chi connectivity index (χ3v) is 4.18. The van der Waals surface area contributed by atoms with Crippen molar-refractivity contribution < 1.29 is 0 Å². The number of halogens is 1. The van der Waals surface area contributed by atoms with E-state index in [2.05, 4.69) is 51.6 Å². The summed E-state index contributed by atoms with van der Waals surface area (Å²) < 4.78 is 1.18. The molecule has 17 heavy (non-hydrogen) atoms. The van der Waals surface area contributed by atoms with Crippen LogP contribution >= 0.6 is 22.6 Å². The number of hydrogen-bond donors (Lipinski definition) is 1. The van der Waals surface area contributed by atoms with Crippen molar-refractivity contribution in [3.05, 3.63) is 9.26 Å². The topological polar surface area (TPSA) is 41.1 Å². The summed E-state index contributed by atoms with van der Waals surface area (Å²) in [5.74, 6) is 2.48. The van der Waals surface area contributed by atoms with Crippen molar-refractivity contribution in [3.63, 3.8) is 0 Å². The van der Waals surface area contributed by atoms with E-state index < -0.39 is 0 Å². The molecule has 0 radical (unpaired) electrons. The van der Waals surface area contributed by atoms with Crippen LogP contribution in [0.3, 0.4) is 0 Å². The highest BCUT2D eigenvalue weighted by atomic mass is 127. The zero-order chi connectivity index (χ0) is 12.4. The SMILES string of the molecule is CCN(CC)c1nc(NC)c(I)c(C2CC2)n1. The highest BCUT2D eigenvalue weighted by Crippen LogP contribution is 2.42. The molecule has 1 aliphatic rings. The zero-order valence-corrected chi connectivity index (χ0v) is 12.8. The maximum absolute atomic E-state index is 4.75. The number of nitrogens with one attached hydrogen (secondary N) is 1. The predicted octanol–water partition coefficient (Wildman–Crippen LogP) is 2.85. The number of rotatable bonds is 5. The molecule has 0 unspecified atom stereocenters. The van der Waals surface area contributed by atoms with E-state index in [0.29, 0.717) is 5.92 Å². The summed E-state index contributed by atoms with van der Waals surface area (Å²) in [5, 5.41) is 3.18. The van der Waals surface area contributed by atoms with E-state index in [4.69, 9.17) is 4.98 Å². The quantitative estimate of drug-likeness (QED) is 0.833. The van der Waals surface area contributed by atoms with E-state index in [-0.39, 0.29) is 0 Å². The van der Waals surface area contributed by atoms with Gasteiger partial charge in [-0.15, -0.1) is 0 Å². The zero-order valence-electron chi connectivity index (χ0n) is 10.6.